The highest BCUT2D eigenvalue weighted by atomic mass is 19.1. The summed E-state index contributed by atoms with van der Waals surface area (Å²) in [6, 6.07) is 0. The van der Waals surface area contributed by atoms with Gasteiger partial charge in [0.05, 0.1) is 6.54 Å². The number of hydrogen-bond acceptors (Lipinski definition) is 3. The fourth-order valence-corrected chi connectivity index (χ4v) is 0.556. The first kappa shape index (κ1) is 5.50. The Morgan fingerprint density at radius 1 is 1.62 bits per heavy atom. The van der Waals surface area contributed by atoms with E-state index < -0.39 is 0 Å². The van der Waals surface area contributed by atoms with Gasteiger partial charge in [-0.15, -0.1) is 5.10 Å². The van der Waals surface area contributed by atoms with E-state index >= 15 is 0 Å². The summed E-state index contributed by atoms with van der Waals surface area (Å²) in [5.41, 5.74) is 0. The van der Waals surface area contributed by atoms with Crippen molar-refractivity contribution in [3.8, 4) is 0 Å². The zero-order valence-corrected chi connectivity index (χ0v) is 4.93. The van der Waals surface area contributed by atoms with Crippen LogP contribution >= 0.6 is 0 Å². The number of hydrazone groups is 1. The maximum absolute atomic E-state index is 12.1. The minimum absolute atomic E-state index is 0.302. The Morgan fingerprint density at radius 2 is 2.25 bits per heavy atom. The van der Waals surface area contributed by atoms with Crippen molar-refractivity contribution in [1.29, 1.82) is 0 Å². The molecule has 0 amide bonds. The van der Waals surface area contributed by atoms with Gasteiger partial charge in [0, 0.05) is 14.1 Å². The molecule has 0 aromatic rings. The minimum Gasteiger partial charge on any atom is -0.228 e. The Kier molecular flexibility index (Phi) is 1.17. The zero-order chi connectivity index (χ0) is 6.15. The van der Waals surface area contributed by atoms with Gasteiger partial charge < -0.3 is 0 Å². The topological polar surface area (TPSA) is 18.8 Å². The number of hydrogen-bond donors (Lipinski definition) is 0. The summed E-state index contributed by atoms with van der Waals surface area (Å²) in [5.74, 6) is -0.324. The largest absolute Gasteiger partial charge is 0.228 e. The number of hydrazine groups is 1. The maximum atomic E-state index is 12.1. The second-order valence-electron chi connectivity index (χ2n) is 1.78. The first-order chi connectivity index (χ1) is 3.70. The van der Waals surface area contributed by atoms with Crippen molar-refractivity contribution in [2.45, 2.75) is 0 Å². The maximum Gasteiger partial charge on any atom is 0.225 e. The highest BCUT2D eigenvalue weighted by molar-refractivity contribution is 5.77. The molecule has 1 heterocycles. The first-order valence-electron chi connectivity index (χ1n) is 2.38. The van der Waals surface area contributed by atoms with Gasteiger partial charge in [0.2, 0.25) is 5.97 Å². The molecule has 1 aliphatic heterocycles. The van der Waals surface area contributed by atoms with Crippen LogP contribution in [0.2, 0.25) is 0 Å². The van der Waals surface area contributed by atoms with Gasteiger partial charge in [0.25, 0.3) is 0 Å². The summed E-state index contributed by atoms with van der Waals surface area (Å²) in [4.78, 5) is 0. The molecule has 0 radical (unpaired) electrons. The standard InChI is InChI=1S/C4H8FN3/c1-7-3-4(5)6-8(7)2/h3H2,1-2H3. The molecule has 4 heteroatoms. The predicted octanol–water partition coefficient (Wildman–Crippen LogP) is 0.0616. The van der Waals surface area contributed by atoms with Crippen LogP contribution in [-0.2, 0) is 0 Å². The molecular weight excluding hydrogens is 109 g/mol. The van der Waals surface area contributed by atoms with Gasteiger partial charge in [-0.2, -0.15) is 9.40 Å². The van der Waals surface area contributed by atoms with Crippen LogP contribution in [0, 0.1) is 0 Å². The average Bonchev–Trinajstić information content (AvgIpc) is 1.85. The molecule has 0 bridgehead atoms. The normalized spacial score (nSPS) is 21.9. The van der Waals surface area contributed by atoms with Gasteiger partial charge in [-0.1, -0.05) is 0 Å². The lowest BCUT2D eigenvalue weighted by molar-refractivity contribution is 0.0686. The molecule has 0 aromatic heterocycles. The SMILES string of the molecule is CN1CC(F)=NN1C. The minimum atomic E-state index is -0.324. The summed E-state index contributed by atoms with van der Waals surface area (Å²) in [5, 5.41) is 6.62. The van der Waals surface area contributed by atoms with E-state index in [9.17, 15) is 4.39 Å². The van der Waals surface area contributed by atoms with Crippen molar-refractivity contribution in [3.05, 3.63) is 0 Å². The van der Waals surface area contributed by atoms with Gasteiger partial charge in [-0.25, -0.2) is 5.12 Å². The molecule has 0 atom stereocenters. The van der Waals surface area contributed by atoms with E-state index in [1.807, 2.05) is 0 Å². The van der Waals surface area contributed by atoms with E-state index in [1.54, 1.807) is 19.1 Å². The fraction of sp³-hybridized carbons (Fsp3) is 0.750. The van der Waals surface area contributed by atoms with Gasteiger partial charge in [-0.3, -0.25) is 0 Å². The highest BCUT2D eigenvalue weighted by Crippen LogP contribution is 2.01. The van der Waals surface area contributed by atoms with Crippen molar-refractivity contribution < 1.29 is 4.39 Å². The second-order valence-corrected chi connectivity index (χ2v) is 1.78. The lowest BCUT2D eigenvalue weighted by atomic mass is 10.7. The molecule has 0 fully saturated rings. The van der Waals surface area contributed by atoms with E-state index in [1.165, 1.54) is 5.12 Å². The quantitative estimate of drug-likeness (QED) is 0.447. The molecule has 46 valence electrons. The molecule has 0 saturated carbocycles. The third-order valence-electron chi connectivity index (χ3n) is 1.11. The third-order valence-corrected chi connectivity index (χ3v) is 1.11. The van der Waals surface area contributed by atoms with Crippen LogP contribution in [0.5, 0.6) is 0 Å². The molecule has 0 N–H and O–H groups in total. The Balaban J connectivity index is 2.56. The summed E-state index contributed by atoms with van der Waals surface area (Å²) in [6.45, 7) is 0.302. The number of nitrogens with zero attached hydrogens (tertiary/aromatic N) is 3. The lowest BCUT2D eigenvalue weighted by Crippen LogP contribution is -2.27. The summed E-state index contributed by atoms with van der Waals surface area (Å²) < 4.78 is 12.1. The molecular formula is C4H8FN3. The molecule has 0 spiro atoms. The van der Waals surface area contributed by atoms with Crippen molar-refractivity contribution in [1.82, 2.24) is 10.1 Å². The van der Waals surface area contributed by atoms with Gasteiger partial charge >= 0.3 is 0 Å². The summed E-state index contributed by atoms with van der Waals surface area (Å²) >= 11 is 0. The zero-order valence-electron chi connectivity index (χ0n) is 4.93. The summed E-state index contributed by atoms with van der Waals surface area (Å²) in [7, 11) is 3.47. The monoisotopic (exact) mass is 117 g/mol. The Labute approximate surface area is 47.3 Å². The van der Waals surface area contributed by atoms with Crippen LogP contribution < -0.4 is 0 Å². The van der Waals surface area contributed by atoms with Crippen molar-refractivity contribution in [3.63, 3.8) is 0 Å². The molecule has 1 aliphatic rings. The number of rotatable bonds is 0. The van der Waals surface area contributed by atoms with Crippen LogP contribution in [0.25, 0.3) is 0 Å². The third kappa shape index (κ3) is 0.790. The molecule has 8 heavy (non-hydrogen) atoms. The Morgan fingerprint density at radius 3 is 2.38 bits per heavy atom. The molecule has 0 saturated heterocycles. The van der Waals surface area contributed by atoms with Crippen LogP contribution in [0.15, 0.2) is 5.10 Å². The smallest absolute Gasteiger partial charge is 0.225 e. The van der Waals surface area contributed by atoms with E-state index in [4.69, 9.17) is 0 Å². The summed E-state index contributed by atoms with van der Waals surface area (Å²) in [6.07, 6.45) is 0. The van der Waals surface area contributed by atoms with Crippen molar-refractivity contribution in [2.24, 2.45) is 5.10 Å². The molecule has 0 unspecified atom stereocenters. The Hall–Kier alpha value is -0.640. The van der Waals surface area contributed by atoms with Crippen LogP contribution in [0.3, 0.4) is 0 Å². The fourth-order valence-electron chi connectivity index (χ4n) is 0.556. The van der Waals surface area contributed by atoms with Crippen molar-refractivity contribution in [2.75, 3.05) is 20.6 Å². The average molecular weight is 117 g/mol. The van der Waals surface area contributed by atoms with E-state index in [0.29, 0.717) is 6.54 Å². The van der Waals surface area contributed by atoms with Crippen LogP contribution in [0.4, 0.5) is 4.39 Å². The Bertz CT molecular complexity index is 122. The first-order valence-corrected chi connectivity index (χ1v) is 2.38. The van der Waals surface area contributed by atoms with Crippen LogP contribution in [0.1, 0.15) is 0 Å². The van der Waals surface area contributed by atoms with Gasteiger partial charge in [0.1, 0.15) is 0 Å². The highest BCUT2D eigenvalue weighted by Gasteiger charge is 2.14. The van der Waals surface area contributed by atoms with E-state index in [0.717, 1.165) is 0 Å². The van der Waals surface area contributed by atoms with E-state index in [-0.39, 0.29) is 5.97 Å². The van der Waals surface area contributed by atoms with Gasteiger partial charge in [-0.05, 0) is 0 Å². The molecule has 3 nitrogen and oxygen atoms in total. The molecule has 0 aliphatic carbocycles. The molecule has 0 aromatic carbocycles. The predicted molar refractivity (Wildman–Crippen MR) is 28.9 cm³/mol. The van der Waals surface area contributed by atoms with E-state index in [2.05, 4.69) is 5.10 Å². The van der Waals surface area contributed by atoms with Crippen LogP contribution in [-0.4, -0.2) is 36.7 Å². The molecule has 1 rings (SSSR count). The van der Waals surface area contributed by atoms with Gasteiger partial charge in [0.15, 0.2) is 0 Å². The van der Waals surface area contributed by atoms with Crippen molar-refractivity contribution >= 4 is 5.97 Å². The number of halogens is 1. The lowest BCUT2D eigenvalue weighted by Gasteiger charge is -2.15. The second kappa shape index (κ2) is 1.70.